The molecule has 7 heteroatoms. The van der Waals surface area contributed by atoms with E-state index in [0.717, 1.165) is 6.34 Å². The van der Waals surface area contributed by atoms with E-state index in [-0.39, 0.29) is 0 Å². The molecule has 2 amide bonds. The summed E-state index contributed by atoms with van der Waals surface area (Å²) < 4.78 is 0. The van der Waals surface area contributed by atoms with Gasteiger partial charge in [0.25, 0.3) is 0 Å². The molecule has 1 aliphatic heterocycles. The van der Waals surface area contributed by atoms with Crippen LogP contribution in [0.1, 0.15) is 0 Å². The zero-order valence-corrected chi connectivity index (χ0v) is 4.48. The highest BCUT2D eigenvalue weighted by atomic mass is 16.2. The van der Waals surface area contributed by atoms with Crippen molar-refractivity contribution in [2.24, 2.45) is 26.9 Å². The van der Waals surface area contributed by atoms with E-state index < -0.39 is 6.03 Å². The third-order valence-electron chi connectivity index (χ3n) is 0.363. The van der Waals surface area contributed by atoms with Crippen LogP contribution in [0.3, 0.4) is 0 Å². The van der Waals surface area contributed by atoms with Crippen molar-refractivity contribution >= 4 is 12.4 Å². The molecule has 0 aliphatic carbocycles. The number of nitrogens with zero attached hydrogens (tertiary/aromatic N) is 3. The Balaban J connectivity index is 0.000000187. The van der Waals surface area contributed by atoms with Gasteiger partial charge in [0, 0.05) is 0 Å². The fourth-order valence-electron chi connectivity index (χ4n) is 0.176. The number of hydrazine groups is 2. The Morgan fingerprint density at radius 2 is 2.11 bits per heavy atom. The minimum absolute atomic E-state index is 0.519. The van der Waals surface area contributed by atoms with Crippen LogP contribution in [0.2, 0.25) is 0 Å². The van der Waals surface area contributed by atoms with Crippen LogP contribution in [0, 0.1) is 0 Å². The van der Waals surface area contributed by atoms with Gasteiger partial charge in [0.15, 0.2) is 0 Å². The maximum Gasteiger partial charge on any atom is 0.387 e. The van der Waals surface area contributed by atoms with Gasteiger partial charge in [0.2, 0.25) is 0 Å². The van der Waals surface area contributed by atoms with Gasteiger partial charge >= 0.3 is 6.03 Å². The average Bonchev–Trinajstić information content (AvgIpc) is 2.20. The first-order chi connectivity index (χ1) is 4.31. The van der Waals surface area contributed by atoms with Crippen LogP contribution in [0.4, 0.5) is 4.79 Å². The van der Waals surface area contributed by atoms with Gasteiger partial charge in [-0.05, 0) is 0 Å². The summed E-state index contributed by atoms with van der Waals surface area (Å²) >= 11 is 0. The second-order valence-electron chi connectivity index (χ2n) is 0.909. The predicted molar refractivity (Wildman–Crippen MR) is 30.3 cm³/mol. The van der Waals surface area contributed by atoms with Gasteiger partial charge in [-0.3, -0.25) is 11.7 Å². The number of nitrogens with two attached hydrogens (primary N) is 2. The van der Waals surface area contributed by atoms with Gasteiger partial charge in [-0.25, -0.2) is 4.79 Å². The van der Waals surface area contributed by atoms with E-state index in [1.807, 2.05) is 0 Å². The van der Waals surface area contributed by atoms with Crippen LogP contribution in [-0.4, -0.2) is 12.4 Å². The van der Waals surface area contributed by atoms with Crippen molar-refractivity contribution in [1.29, 1.82) is 0 Å². The van der Waals surface area contributed by atoms with Gasteiger partial charge in [-0.15, -0.1) is 5.11 Å². The van der Waals surface area contributed by atoms with Gasteiger partial charge in [-0.1, -0.05) is 5.11 Å². The number of hydrogen-bond donors (Lipinski definition) is 3. The summed E-state index contributed by atoms with van der Waals surface area (Å²) in [5, 5.41) is 6.15. The van der Waals surface area contributed by atoms with Crippen LogP contribution in [0.25, 0.3) is 0 Å². The molecule has 50 valence electrons. The molecular formula is C2H6N6O. The van der Waals surface area contributed by atoms with Crippen LogP contribution in [-0.2, 0) is 0 Å². The molecule has 0 aromatic heterocycles. The number of hydrogen-bond acceptors (Lipinski definition) is 5. The van der Waals surface area contributed by atoms with Gasteiger partial charge < -0.3 is 0 Å². The number of rotatable bonds is 0. The molecule has 0 saturated heterocycles. The van der Waals surface area contributed by atoms with E-state index in [2.05, 4.69) is 26.9 Å². The Morgan fingerprint density at radius 1 is 1.56 bits per heavy atom. The number of azo groups is 1. The summed E-state index contributed by atoms with van der Waals surface area (Å²) in [6.07, 6.45) is 1.11. The number of carbonyl (C=O) groups excluding carboxylic acids is 1. The van der Waals surface area contributed by atoms with Crippen molar-refractivity contribution in [3.8, 4) is 0 Å². The van der Waals surface area contributed by atoms with Gasteiger partial charge in [0.05, 0.1) is 0 Å². The monoisotopic (exact) mass is 130 g/mol. The van der Waals surface area contributed by atoms with Crippen molar-refractivity contribution in [2.45, 2.75) is 0 Å². The number of carbonyl (C=O) groups is 1. The molecule has 9 heavy (non-hydrogen) atoms. The molecule has 1 heterocycles. The smallest absolute Gasteiger partial charge is 0.258 e. The van der Waals surface area contributed by atoms with E-state index >= 15 is 0 Å². The Labute approximate surface area is 50.8 Å². The third-order valence-corrected chi connectivity index (χ3v) is 0.363. The quantitative estimate of drug-likeness (QED) is 0.285. The molecule has 0 bridgehead atoms. The standard InChI is InChI=1S/C2HN3O.H5N3/c6-2-3-1-4-5-2;1-3-2/h1H;3H,1-2H2. The van der Waals surface area contributed by atoms with E-state index in [0.29, 0.717) is 0 Å². The van der Waals surface area contributed by atoms with Crippen molar-refractivity contribution < 1.29 is 4.79 Å². The van der Waals surface area contributed by atoms with E-state index in [1.165, 1.54) is 0 Å². The van der Waals surface area contributed by atoms with Crippen LogP contribution < -0.4 is 17.2 Å². The molecule has 0 aromatic carbocycles. The molecule has 1 aliphatic rings. The van der Waals surface area contributed by atoms with Crippen molar-refractivity contribution in [3.05, 3.63) is 0 Å². The lowest BCUT2D eigenvalue weighted by molar-refractivity contribution is 0.257. The third kappa shape index (κ3) is 4.68. The summed E-state index contributed by atoms with van der Waals surface area (Å²) in [7, 11) is 0. The largest absolute Gasteiger partial charge is 0.387 e. The molecule has 1 rings (SSSR count). The normalized spacial score (nSPS) is 13.3. The maximum atomic E-state index is 9.78. The highest BCUT2D eigenvalue weighted by Crippen LogP contribution is 1.87. The number of nitrogens with one attached hydrogen (secondary N) is 1. The van der Waals surface area contributed by atoms with Crippen LogP contribution in [0.5, 0.6) is 0 Å². The summed E-state index contributed by atoms with van der Waals surface area (Å²) in [4.78, 5) is 12.9. The number of amides is 2. The van der Waals surface area contributed by atoms with Crippen molar-refractivity contribution in [3.63, 3.8) is 0 Å². The van der Waals surface area contributed by atoms with Crippen LogP contribution >= 0.6 is 0 Å². The summed E-state index contributed by atoms with van der Waals surface area (Å²) in [6.45, 7) is 0. The minimum Gasteiger partial charge on any atom is -0.258 e. The predicted octanol–water partition coefficient (Wildman–Crippen LogP) is -1.08. The average molecular weight is 130 g/mol. The maximum absolute atomic E-state index is 9.78. The highest BCUT2D eigenvalue weighted by Gasteiger charge is 1.93. The molecular weight excluding hydrogens is 124 g/mol. The number of urea groups is 1. The Hall–Kier alpha value is -1.18. The lowest BCUT2D eigenvalue weighted by Gasteiger charge is -1.64. The van der Waals surface area contributed by atoms with E-state index in [4.69, 9.17) is 0 Å². The lowest BCUT2D eigenvalue weighted by atomic mass is 11.1. The molecule has 0 atom stereocenters. The summed E-state index contributed by atoms with van der Waals surface area (Å²) in [5.41, 5.74) is 1.75. The van der Waals surface area contributed by atoms with E-state index in [1.54, 1.807) is 5.53 Å². The van der Waals surface area contributed by atoms with Crippen molar-refractivity contribution in [2.75, 3.05) is 0 Å². The highest BCUT2D eigenvalue weighted by molar-refractivity contribution is 5.87. The van der Waals surface area contributed by atoms with Crippen molar-refractivity contribution in [1.82, 2.24) is 5.53 Å². The Kier molecular flexibility index (Phi) is 4.32. The fourth-order valence-corrected chi connectivity index (χ4v) is 0.176. The summed E-state index contributed by atoms with van der Waals surface area (Å²) in [6, 6.07) is -0.519. The zero-order valence-electron chi connectivity index (χ0n) is 4.48. The van der Waals surface area contributed by atoms with Gasteiger partial charge in [0.1, 0.15) is 6.34 Å². The number of aliphatic imine (C=N–C) groups is 1. The van der Waals surface area contributed by atoms with E-state index in [9.17, 15) is 4.79 Å². The molecule has 7 nitrogen and oxygen atoms in total. The van der Waals surface area contributed by atoms with Crippen LogP contribution in [0.15, 0.2) is 15.2 Å². The summed E-state index contributed by atoms with van der Waals surface area (Å²) in [5.74, 6) is 8.75. The molecule has 0 unspecified atom stereocenters. The topological polar surface area (TPSA) is 118 Å². The molecule has 5 N–H and O–H groups in total. The van der Waals surface area contributed by atoms with Gasteiger partial charge in [-0.2, -0.15) is 10.5 Å². The SMILES string of the molecule is NNN.O=C1N=CN=N1. The second-order valence-corrected chi connectivity index (χ2v) is 0.909. The second kappa shape index (κ2) is 4.97. The fraction of sp³-hybridized carbons (Fsp3) is 0. The Bertz CT molecular complexity index is 124. The lowest BCUT2D eigenvalue weighted by Crippen LogP contribution is -2.29. The molecule has 0 saturated carbocycles. The molecule has 0 radical (unpaired) electrons. The minimum atomic E-state index is -0.519. The first-order valence-electron chi connectivity index (χ1n) is 1.95. The zero-order chi connectivity index (χ0) is 7.11. The Morgan fingerprint density at radius 3 is 2.22 bits per heavy atom. The molecule has 0 aromatic rings. The first kappa shape index (κ1) is 7.82. The molecule has 0 fully saturated rings. The molecule has 0 spiro atoms. The first-order valence-corrected chi connectivity index (χ1v) is 1.95.